The van der Waals surface area contributed by atoms with Crippen LogP contribution >= 0.6 is 23.4 Å². The summed E-state index contributed by atoms with van der Waals surface area (Å²) in [6.07, 6.45) is 0. The van der Waals surface area contributed by atoms with Crippen molar-refractivity contribution in [2.24, 2.45) is 10.9 Å². The number of thioether (sulfide) groups is 1. The van der Waals surface area contributed by atoms with Gasteiger partial charge < -0.3 is 5.32 Å². The molecular formula is C11H12ClFN2S. The fourth-order valence-corrected chi connectivity index (χ4v) is 2.39. The maximum Gasteiger partial charge on any atom is 0.161 e. The highest BCUT2D eigenvalue weighted by molar-refractivity contribution is 8.14. The first-order valence-corrected chi connectivity index (χ1v) is 6.41. The molecule has 1 aromatic carbocycles. The predicted octanol–water partition coefficient (Wildman–Crippen LogP) is 3.63. The third-order valence-electron chi connectivity index (χ3n) is 2.22. The summed E-state index contributed by atoms with van der Waals surface area (Å²) in [5.74, 6) is 1.25. The molecule has 1 aromatic rings. The van der Waals surface area contributed by atoms with E-state index < -0.39 is 0 Å². The summed E-state index contributed by atoms with van der Waals surface area (Å²) in [6, 6.07) is 4.57. The number of hydrogen-bond acceptors (Lipinski definition) is 3. The average molecular weight is 259 g/mol. The zero-order valence-corrected chi connectivity index (χ0v) is 10.4. The van der Waals surface area contributed by atoms with Gasteiger partial charge in [0, 0.05) is 17.3 Å². The molecule has 0 aromatic heterocycles. The molecule has 0 fully saturated rings. The Morgan fingerprint density at radius 1 is 1.56 bits per heavy atom. The Kier molecular flexibility index (Phi) is 3.71. The first-order valence-electron chi connectivity index (χ1n) is 5.04. The Labute approximate surface area is 103 Å². The third kappa shape index (κ3) is 2.89. The lowest BCUT2D eigenvalue weighted by Gasteiger charge is -2.18. The number of anilines is 1. The largest absolute Gasteiger partial charge is 0.333 e. The van der Waals surface area contributed by atoms with Crippen molar-refractivity contribution in [3.63, 3.8) is 0 Å². The Hall–Kier alpha value is -0.740. The highest BCUT2D eigenvalue weighted by atomic mass is 35.5. The molecule has 1 aliphatic rings. The van der Waals surface area contributed by atoms with Gasteiger partial charge in [-0.2, -0.15) is 0 Å². The molecule has 0 aliphatic carbocycles. The van der Waals surface area contributed by atoms with Gasteiger partial charge in [0.05, 0.1) is 5.69 Å². The van der Waals surface area contributed by atoms with Gasteiger partial charge in [-0.25, -0.2) is 4.39 Å². The van der Waals surface area contributed by atoms with Crippen molar-refractivity contribution in [2.75, 3.05) is 17.6 Å². The molecule has 5 heteroatoms. The van der Waals surface area contributed by atoms with Gasteiger partial charge in [0.1, 0.15) is 5.82 Å². The summed E-state index contributed by atoms with van der Waals surface area (Å²) >= 11 is 7.29. The van der Waals surface area contributed by atoms with Gasteiger partial charge in [0.2, 0.25) is 0 Å². The van der Waals surface area contributed by atoms with Crippen molar-refractivity contribution in [1.29, 1.82) is 0 Å². The normalized spacial score (nSPS) is 20.4. The van der Waals surface area contributed by atoms with Crippen LogP contribution in [0.1, 0.15) is 6.92 Å². The van der Waals surface area contributed by atoms with Gasteiger partial charge in [0.15, 0.2) is 5.17 Å². The minimum atomic E-state index is -0.352. The molecule has 1 heterocycles. The lowest BCUT2D eigenvalue weighted by molar-refractivity contribution is 0.632. The number of benzene rings is 1. The Morgan fingerprint density at radius 2 is 2.38 bits per heavy atom. The molecule has 2 nitrogen and oxygen atoms in total. The second-order valence-electron chi connectivity index (χ2n) is 3.81. The van der Waals surface area contributed by atoms with E-state index in [0.717, 1.165) is 17.5 Å². The van der Waals surface area contributed by atoms with Gasteiger partial charge in [-0.15, -0.1) is 0 Å². The van der Waals surface area contributed by atoms with Crippen LogP contribution in [0.25, 0.3) is 0 Å². The van der Waals surface area contributed by atoms with E-state index in [0.29, 0.717) is 16.6 Å². The molecule has 0 saturated carbocycles. The Balaban J connectivity index is 2.09. The highest BCUT2D eigenvalue weighted by Gasteiger charge is 2.13. The summed E-state index contributed by atoms with van der Waals surface area (Å²) in [5.41, 5.74) is 0.421. The second kappa shape index (κ2) is 5.06. The number of aliphatic imine (C=N–C) groups is 1. The average Bonchev–Trinajstić information content (AvgIpc) is 2.25. The highest BCUT2D eigenvalue weighted by Crippen LogP contribution is 2.23. The van der Waals surface area contributed by atoms with Crippen LogP contribution in [0.4, 0.5) is 10.1 Å². The van der Waals surface area contributed by atoms with Gasteiger partial charge >= 0.3 is 0 Å². The molecule has 1 N–H and O–H groups in total. The Morgan fingerprint density at radius 3 is 3.00 bits per heavy atom. The van der Waals surface area contributed by atoms with Crippen LogP contribution in [0.15, 0.2) is 23.2 Å². The molecule has 1 aliphatic heterocycles. The maximum atomic E-state index is 13.5. The topological polar surface area (TPSA) is 24.4 Å². The van der Waals surface area contributed by atoms with Crippen LogP contribution in [0.3, 0.4) is 0 Å². The lowest BCUT2D eigenvalue weighted by Crippen LogP contribution is -2.19. The molecule has 86 valence electrons. The molecule has 1 atom stereocenters. The summed E-state index contributed by atoms with van der Waals surface area (Å²) in [7, 11) is 0. The first kappa shape index (κ1) is 11.7. The molecule has 1 unspecified atom stereocenters. The van der Waals surface area contributed by atoms with Crippen LogP contribution in [0.5, 0.6) is 0 Å². The lowest BCUT2D eigenvalue weighted by atomic mass is 10.2. The Bertz CT molecular complexity index is 422. The van der Waals surface area contributed by atoms with Crippen molar-refractivity contribution in [1.82, 2.24) is 0 Å². The number of amidine groups is 1. The molecule has 0 amide bonds. The number of nitrogens with one attached hydrogen (secondary N) is 1. The van der Waals surface area contributed by atoms with Crippen molar-refractivity contribution in [3.05, 3.63) is 29.0 Å². The van der Waals surface area contributed by atoms with Crippen molar-refractivity contribution in [3.8, 4) is 0 Å². The van der Waals surface area contributed by atoms with E-state index >= 15 is 0 Å². The van der Waals surface area contributed by atoms with Gasteiger partial charge in [-0.1, -0.05) is 30.3 Å². The maximum absolute atomic E-state index is 13.5. The van der Waals surface area contributed by atoms with Crippen LogP contribution in [-0.4, -0.2) is 17.5 Å². The molecule has 16 heavy (non-hydrogen) atoms. The first-order chi connectivity index (χ1) is 7.65. The minimum Gasteiger partial charge on any atom is -0.333 e. The zero-order valence-electron chi connectivity index (χ0n) is 8.84. The number of halogens is 2. The summed E-state index contributed by atoms with van der Waals surface area (Å²) < 4.78 is 13.5. The summed E-state index contributed by atoms with van der Waals surface area (Å²) in [5, 5.41) is 4.15. The van der Waals surface area contributed by atoms with E-state index in [4.69, 9.17) is 11.6 Å². The molecule has 0 radical (unpaired) electrons. The van der Waals surface area contributed by atoms with Crippen LogP contribution < -0.4 is 5.32 Å². The van der Waals surface area contributed by atoms with Crippen molar-refractivity contribution < 1.29 is 4.39 Å². The number of rotatable bonds is 1. The SMILES string of the molecule is CC1CN=C(Nc2ccc(Cl)cc2F)SC1. The van der Waals surface area contributed by atoms with Crippen molar-refractivity contribution in [2.45, 2.75) is 6.92 Å². The van der Waals surface area contributed by atoms with Crippen LogP contribution in [-0.2, 0) is 0 Å². The van der Waals surface area contributed by atoms with Gasteiger partial charge in [-0.05, 0) is 24.1 Å². The monoisotopic (exact) mass is 258 g/mol. The molecular weight excluding hydrogens is 247 g/mol. The standard InChI is InChI=1S/C11H12ClFN2S/c1-7-5-14-11(16-6-7)15-10-3-2-8(12)4-9(10)13/h2-4,7H,5-6H2,1H3,(H,14,15). The molecule has 0 saturated heterocycles. The van der Waals surface area contributed by atoms with E-state index in [9.17, 15) is 4.39 Å². The van der Waals surface area contributed by atoms with E-state index in [2.05, 4.69) is 17.2 Å². The fourth-order valence-electron chi connectivity index (χ4n) is 1.34. The molecule has 0 bridgehead atoms. The van der Waals surface area contributed by atoms with E-state index in [1.165, 1.54) is 6.07 Å². The van der Waals surface area contributed by atoms with Gasteiger partial charge in [0.25, 0.3) is 0 Å². The minimum absolute atomic E-state index is 0.352. The molecule has 0 spiro atoms. The van der Waals surface area contributed by atoms with Crippen LogP contribution in [0, 0.1) is 11.7 Å². The van der Waals surface area contributed by atoms with E-state index in [1.54, 1.807) is 23.9 Å². The summed E-state index contributed by atoms with van der Waals surface area (Å²) in [4.78, 5) is 4.34. The number of hydrogen-bond donors (Lipinski definition) is 1. The zero-order chi connectivity index (χ0) is 11.5. The van der Waals surface area contributed by atoms with E-state index in [-0.39, 0.29) is 5.82 Å². The van der Waals surface area contributed by atoms with Crippen LogP contribution in [0.2, 0.25) is 5.02 Å². The van der Waals surface area contributed by atoms with E-state index in [1.807, 2.05) is 0 Å². The summed E-state index contributed by atoms with van der Waals surface area (Å²) in [6.45, 7) is 2.95. The van der Waals surface area contributed by atoms with Gasteiger partial charge in [-0.3, -0.25) is 4.99 Å². The number of nitrogens with zero attached hydrogens (tertiary/aromatic N) is 1. The second-order valence-corrected chi connectivity index (χ2v) is 5.26. The molecule has 2 rings (SSSR count). The predicted molar refractivity (Wildman–Crippen MR) is 69.0 cm³/mol. The fraction of sp³-hybridized carbons (Fsp3) is 0.364. The third-order valence-corrected chi connectivity index (χ3v) is 3.70. The smallest absolute Gasteiger partial charge is 0.161 e. The quantitative estimate of drug-likeness (QED) is 0.832. The van der Waals surface area contributed by atoms with Crippen molar-refractivity contribution >= 4 is 34.2 Å².